The minimum absolute atomic E-state index is 0.0770. The first-order valence-electron chi connectivity index (χ1n) is 8.68. The van der Waals surface area contributed by atoms with E-state index in [1.165, 1.54) is 21.3 Å². The number of hydrogen-bond acceptors (Lipinski definition) is 8. The van der Waals surface area contributed by atoms with Crippen LogP contribution >= 0.6 is 23.2 Å². The zero-order valence-electron chi connectivity index (χ0n) is 16.4. The molecule has 0 saturated carbocycles. The molecule has 30 heavy (non-hydrogen) atoms. The second-order valence-electron chi connectivity index (χ2n) is 5.95. The lowest BCUT2D eigenvalue weighted by Crippen LogP contribution is -2.09. The Morgan fingerprint density at radius 2 is 1.63 bits per heavy atom. The third-order valence-electron chi connectivity index (χ3n) is 4.12. The lowest BCUT2D eigenvalue weighted by Gasteiger charge is -2.12. The highest BCUT2D eigenvalue weighted by Gasteiger charge is 2.18. The average Bonchev–Trinajstić information content (AvgIpc) is 3.23. The zero-order chi connectivity index (χ0) is 21.7. The van der Waals surface area contributed by atoms with Gasteiger partial charge in [-0.3, -0.25) is 4.79 Å². The van der Waals surface area contributed by atoms with Gasteiger partial charge >= 0.3 is 5.97 Å². The van der Waals surface area contributed by atoms with E-state index in [4.69, 9.17) is 46.6 Å². The topological polar surface area (TPSA) is 92.9 Å². The van der Waals surface area contributed by atoms with Crippen LogP contribution in [0, 0.1) is 0 Å². The molecule has 0 saturated heterocycles. The number of esters is 1. The fraction of sp³-hybridized carbons (Fsp3) is 0.250. The summed E-state index contributed by atoms with van der Waals surface area (Å²) < 4.78 is 26.7. The Morgan fingerprint density at radius 1 is 1.00 bits per heavy atom. The number of nitrogens with zero attached hydrogens (tertiary/aromatic N) is 2. The van der Waals surface area contributed by atoms with Crippen LogP contribution < -0.4 is 14.2 Å². The van der Waals surface area contributed by atoms with Crippen LogP contribution in [0.25, 0.3) is 11.5 Å². The summed E-state index contributed by atoms with van der Waals surface area (Å²) in [6.45, 7) is -0.196. The highest BCUT2D eigenvalue weighted by Crippen LogP contribution is 2.40. The molecule has 2 aromatic carbocycles. The summed E-state index contributed by atoms with van der Waals surface area (Å²) in [7, 11) is 4.52. The molecule has 3 rings (SSSR count). The number of benzene rings is 2. The van der Waals surface area contributed by atoms with E-state index in [0.717, 1.165) is 0 Å². The molecule has 0 atom stereocenters. The highest BCUT2D eigenvalue weighted by atomic mass is 35.5. The van der Waals surface area contributed by atoms with Crippen molar-refractivity contribution in [2.75, 3.05) is 21.3 Å². The second kappa shape index (κ2) is 9.69. The lowest BCUT2D eigenvalue weighted by molar-refractivity contribution is -0.144. The first kappa shape index (κ1) is 21.7. The number of methoxy groups -OCH3 is 3. The Labute approximate surface area is 182 Å². The second-order valence-corrected chi connectivity index (χ2v) is 6.77. The molecule has 0 fully saturated rings. The molecular formula is C20H18Cl2N2O6. The van der Waals surface area contributed by atoms with Gasteiger partial charge < -0.3 is 23.4 Å². The lowest BCUT2D eigenvalue weighted by atomic mass is 10.1. The summed E-state index contributed by atoms with van der Waals surface area (Å²) in [5, 5.41) is 8.66. The Hall–Kier alpha value is -2.97. The summed E-state index contributed by atoms with van der Waals surface area (Å²) >= 11 is 12.1. The van der Waals surface area contributed by atoms with E-state index in [0.29, 0.717) is 38.4 Å². The zero-order valence-corrected chi connectivity index (χ0v) is 17.9. The van der Waals surface area contributed by atoms with Crippen LogP contribution in [0.15, 0.2) is 34.7 Å². The van der Waals surface area contributed by atoms with Crippen molar-refractivity contribution in [1.82, 2.24) is 10.2 Å². The minimum Gasteiger partial charge on any atom is -0.493 e. The van der Waals surface area contributed by atoms with Crippen molar-refractivity contribution in [2.45, 2.75) is 13.0 Å². The largest absolute Gasteiger partial charge is 0.493 e. The Balaban J connectivity index is 1.70. The van der Waals surface area contributed by atoms with Gasteiger partial charge in [0.25, 0.3) is 5.89 Å². The predicted molar refractivity (Wildman–Crippen MR) is 109 cm³/mol. The van der Waals surface area contributed by atoms with Gasteiger partial charge in [0.05, 0.1) is 27.8 Å². The molecule has 158 valence electrons. The fourth-order valence-electron chi connectivity index (χ4n) is 2.67. The number of carbonyl (C=O) groups is 1. The Bertz CT molecular complexity index is 1010. The first-order valence-corrected chi connectivity index (χ1v) is 9.43. The van der Waals surface area contributed by atoms with Gasteiger partial charge in [-0.05, 0) is 24.3 Å². The van der Waals surface area contributed by atoms with Crippen molar-refractivity contribution >= 4 is 29.2 Å². The molecule has 8 nitrogen and oxygen atoms in total. The Morgan fingerprint density at radius 3 is 2.20 bits per heavy atom. The van der Waals surface area contributed by atoms with Gasteiger partial charge in [0, 0.05) is 21.2 Å². The van der Waals surface area contributed by atoms with Gasteiger partial charge in [0.1, 0.15) is 0 Å². The fourth-order valence-corrected chi connectivity index (χ4v) is 3.20. The van der Waals surface area contributed by atoms with E-state index in [9.17, 15) is 4.79 Å². The van der Waals surface area contributed by atoms with Gasteiger partial charge in [0.15, 0.2) is 18.1 Å². The Kier molecular flexibility index (Phi) is 7.02. The summed E-state index contributed by atoms with van der Waals surface area (Å²) in [5.41, 5.74) is 1.05. The van der Waals surface area contributed by atoms with Crippen molar-refractivity contribution in [1.29, 1.82) is 0 Å². The van der Waals surface area contributed by atoms with Crippen molar-refractivity contribution in [3.63, 3.8) is 0 Å². The van der Waals surface area contributed by atoms with Gasteiger partial charge in [0.2, 0.25) is 11.6 Å². The molecule has 0 unspecified atom stereocenters. The number of halogens is 2. The first-order chi connectivity index (χ1) is 14.5. The molecule has 0 N–H and O–H groups in total. The molecule has 0 aliphatic rings. The van der Waals surface area contributed by atoms with E-state index < -0.39 is 5.97 Å². The van der Waals surface area contributed by atoms with Crippen molar-refractivity contribution in [3.8, 4) is 28.7 Å². The maximum atomic E-state index is 12.1. The highest BCUT2D eigenvalue weighted by molar-refractivity contribution is 6.36. The van der Waals surface area contributed by atoms with E-state index in [1.54, 1.807) is 30.3 Å². The molecule has 0 spiro atoms. The molecule has 3 aromatic rings. The van der Waals surface area contributed by atoms with Gasteiger partial charge in [-0.15, -0.1) is 10.2 Å². The number of hydrogen-bond donors (Lipinski definition) is 0. The smallest absolute Gasteiger partial charge is 0.310 e. The molecule has 0 amide bonds. The van der Waals surface area contributed by atoms with Crippen molar-refractivity contribution in [3.05, 3.63) is 51.8 Å². The maximum absolute atomic E-state index is 12.1. The summed E-state index contributed by atoms with van der Waals surface area (Å²) in [6, 6.07) is 8.34. The van der Waals surface area contributed by atoms with Crippen LogP contribution in [0.4, 0.5) is 0 Å². The number of rotatable bonds is 8. The van der Waals surface area contributed by atoms with E-state index in [-0.39, 0.29) is 24.8 Å². The molecule has 10 heteroatoms. The number of ether oxygens (including phenoxy) is 4. The van der Waals surface area contributed by atoms with Crippen molar-refractivity contribution in [2.24, 2.45) is 0 Å². The van der Waals surface area contributed by atoms with Crippen LogP contribution in [0.3, 0.4) is 0 Å². The summed E-state index contributed by atoms with van der Waals surface area (Å²) in [5.74, 6) is 1.12. The molecule has 1 aromatic heterocycles. The molecule has 0 bridgehead atoms. The molecule has 0 radical (unpaired) electrons. The summed E-state index contributed by atoms with van der Waals surface area (Å²) in [4.78, 5) is 12.1. The molecule has 0 aliphatic heterocycles. The summed E-state index contributed by atoms with van der Waals surface area (Å²) in [6.07, 6.45) is -0.0770. The van der Waals surface area contributed by atoms with Gasteiger partial charge in [-0.25, -0.2) is 0 Å². The number of carbonyl (C=O) groups excluding carboxylic acids is 1. The van der Waals surface area contributed by atoms with Crippen LogP contribution in [-0.2, 0) is 22.6 Å². The molecular weight excluding hydrogens is 435 g/mol. The third-order valence-corrected chi connectivity index (χ3v) is 4.83. The van der Waals surface area contributed by atoms with Crippen LogP contribution in [-0.4, -0.2) is 37.5 Å². The van der Waals surface area contributed by atoms with Gasteiger partial charge in [-0.2, -0.15) is 0 Å². The van der Waals surface area contributed by atoms with Crippen LogP contribution in [0.5, 0.6) is 17.2 Å². The normalized spacial score (nSPS) is 10.6. The van der Waals surface area contributed by atoms with Gasteiger partial charge in [-0.1, -0.05) is 29.3 Å². The minimum atomic E-state index is -0.530. The SMILES string of the molecule is COc1cc(-c2nnc(COC(=O)Cc3c(Cl)cccc3Cl)o2)cc(OC)c1OC. The third kappa shape index (κ3) is 4.77. The molecule has 0 aliphatic carbocycles. The van der Waals surface area contributed by atoms with E-state index in [1.807, 2.05) is 0 Å². The average molecular weight is 453 g/mol. The van der Waals surface area contributed by atoms with Crippen LogP contribution in [0.2, 0.25) is 10.0 Å². The van der Waals surface area contributed by atoms with Crippen LogP contribution in [0.1, 0.15) is 11.5 Å². The van der Waals surface area contributed by atoms with Crippen molar-refractivity contribution < 1.29 is 28.2 Å². The maximum Gasteiger partial charge on any atom is 0.310 e. The monoisotopic (exact) mass is 452 g/mol. The van der Waals surface area contributed by atoms with E-state index in [2.05, 4.69) is 10.2 Å². The molecule has 1 heterocycles. The standard InChI is InChI=1S/C20H18Cl2N2O6/c1-26-15-7-11(8-16(27-2)19(15)28-3)20-24-23-17(30-20)10-29-18(25)9-12-13(21)5-4-6-14(12)22/h4-8H,9-10H2,1-3H3. The quantitative estimate of drug-likeness (QED) is 0.465. The predicted octanol–water partition coefficient (Wildman–Crippen LogP) is 4.36. The number of aromatic nitrogens is 2. The van der Waals surface area contributed by atoms with E-state index >= 15 is 0 Å².